The largest absolute Gasteiger partial charge is 0.381 e. The lowest BCUT2D eigenvalue weighted by Gasteiger charge is -2.10. The Balaban J connectivity index is 1.41. The average molecular weight is 418 g/mol. The Morgan fingerprint density at radius 3 is 2.12 bits per heavy atom. The second-order valence-electron chi connectivity index (χ2n) is 7.67. The highest BCUT2D eigenvalue weighted by molar-refractivity contribution is 5.81. The van der Waals surface area contributed by atoms with Crippen molar-refractivity contribution in [3.63, 3.8) is 0 Å². The molecular weight excluding hydrogens is 394 g/mol. The maximum absolute atomic E-state index is 5.96. The minimum atomic E-state index is 0.272. The third-order valence-electron chi connectivity index (χ3n) is 5.37. The number of para-hydroxylation sites is 1. The Labute approximate surface area is 187 Å². The number of fused-ring (bicyclic) bond motifs is 1. The van der Waals surface area contributed by atoms with Crippen molar-refractivity contribution in [1.29, 1.82) is 0 Å². The van der Waals surface area contributed by atoms with Crippen LogP contribution in [-0.4, -0.2) is 15.0 Å². The van der Waals surface area contributed by atoms with Gasteiger partial charge in [-0.25, -0.2) is 15.0 Å². The van der Waals surface area contributed by atoms with Crippen LogP contribution in [0, 0.1) is 0 Å². The molecule has 0 fully saturated rings. The number of anilines is 2. The van der Waals surface area contributed by atoms with Crippen molar-refractivity contribution in [2.45, 2.75) is 13.0 Å². The molecule has 0 saturated heterocycles. The number of nitrogens with one attached hydrogen (secondary N) is 1. The minimum Gasteiger partial charge on any atom is -0.381 e. The van der Waals surface area contributed by atoms with Crippen LogP contribution in [0.15, 0.2) is 97.1 Å². The molecule has 0 aliphatic heterocycles. The monoisotopic (exact) mass is 417 g/mol. The predicted octanol–water partition coefficient (Wildman–Crippen LogP) is 5.48. The lowest BCUT2D eigenvalue weighted by Crippen LogP contribution is -2.03. The highest BCUT2D eigenvalue weighted by Crippen LogP contribution is 2.24. The maximum atomic E-state index is 5.96. The zero-order valence-electron chi connectivity index (χ0n) is 17.6. The van der Waals surface area contributed by atoms with Crippen LogP contribution in [0.3, 0.4) is 0 Å². The van der Waals surface area contributed by atoms with Crippen molar-refractivity contribution in [3.8, 4) is 11.3 Å². The topological polar surface area (TPSA) is 76.7 Å². The quantitative estimate of drug-likeness (QED) is 0.383. The SMILES string of the molecule is Nc1nc(Cc2ccccc2)c2nc(-c3ccc(CNc4ccccc4)cc3)ccc2n1. The predicted molar refractivity (Wildman–Crippen MR) is 130 cm³/mol. The summed E-state index contributed by atoms with van der Waals surface area (Å²) in [6.07, 6.45) is 0.657. The molecule has 0 spiro atoms. The Bertz CT molecular complexity index is 1330. The number of nitrogen functional groups attached to an aromatic ring is 1. The minimum absolute atomic E-state index is 0.272. The zero-order chi connectivity index (χ0) is 21.8. The van der Waals surface area contributed by atoms with Crippen molar-refractivity contribution in [3.05, 3.63) is 114 Å². The van der Waals surface area contributed by atoms with E-state index in [4.69, 9.17) is 10.7 Å². The van der Waals surface area contributed by atoms with Gasteiger partial charge < -0.3 is 11.1 Å². The van der Waals surface area contributed by atoms with Crippen LogP contribution in [0.4, 0.5) is 11.6 Å². The van der Waals surface area contributed by atoms with Gasteiger partial charge in [0.15, 0.2) is 0 Å². The van der Waals surface area contributed by atoms with Crippen LogP contribution in [-0.2, 0) is 13.0 Å². The molecule has 3 N–H and O–H groups in total. The lowest BCUT2D eigenvalue weighted by molar-refractivity contribution is 1.06. The fraction of sp³-hybridized carbons (Fsp3) is 0.0741. The molecule has 2 heterocycles. The van der Waals surface area contributed by atoms with Gasteiger partial charge in [0.2, 0.25) is 5.95 Å². The number of rotatable bonds is 6. The van der Waals surface area contributed by atoms with Gasteiger partial charge in [-0.2, -0.15) is 0 Å². The second-order valence-corrected chi connectivity index (χ2v) is 7.67. The molecule has 0 amide bonds. The summed E-state index contributed by atoms with van der Waals surface area (Å²) >= 11 is 0. The van der Waals surface area contributed by atoms with E-state index < -0.39 is 0 Å². The Morgan fingerprint density at radius 1 is 0.656 bits per heavy atom. The van der Waals surface area contributed by atoms with E-state index in [0.29, 0.717) is 6.42 Å². The van der Waals surface area contributed by atoms with Crippen LogP contribution in [0.2, 0.25) is 0 Å². The van der Waals surface area contributed by atoms with Gasteiger partial charge in [-0.15, -0.1) is 0 Å². The molecule has 3 aromatic carbocycles. The number of pyridine rings is 1. The average Bonchev–Trinajstić information content (AvgIpc) is 2.84. The van der Waals surface area contributed by atoms with Crippen molar-refractivity contribution in [2.24, 2.45) is 0 Å². The Kier molecular flexibility index (Phi) is 5.45. The first-order valence-corrected chi connectivity index (χ1v) is 10.6. The Hall–Kier alpha value is -4.25. The molecule has 5 rings (SSSR count). The van der Waals surface area contributed by atoms with Crippen molar-refractivity contribution >= 4 is 22.7 Å². The van der Waals surface area contributed by atoms with Gasteiger partial charge in [0, 0.05) is 24.2 Å². The van der Waals surface area contributed by atoms with Crippen LogP contribution < -0.4 is 11.1 Å². The van der Waals surface area contributed by atoms with E-state index in [0.717, 1.165) is 45.8 Å². The normalized spacial score (nSPS) is 10.9. The smallest absolute Gasteiger partial charge is 0.220 e. The zero-order valence-corrected chi connectivity index (χ0v) is 17.6. The molecule has 0 aliphatic carbocycles. The molecule has 0 aliphatic rings. The molecule has 32 heavy (non-hydrogen) atoms. The van der Waals surface area contributed by atoms with E-state index in [1.807, 2.05) is 48.5 Å². The van der Waals surface area contributed by atoms with E-state index >= 15 is 0 Å². The molecule has 5 heteroatoms. The van der Waals surface area contributed by atoms with Gasteiger partial charge in [0.25, 0.3) is 0 Å². The van der Waals surface area contributed by atoms with Crippen LogP contribution >= 0.6 is 0 Å². The van der Waals surface area contributed by atoms with E-state index in [1.165, 1.54) is 5.56 Å². The number of nitrogens with zero attached hydrogens (tertiary/aromatic N) is 3. The van der Waals surface area contributed by atoms with Crippen LogP contribution in [0.1, 0.15) is 16.8 Å². The standard InChI is InChI=1S/C27H23N5/c28-27-31-24-16-15-23(30-26(24)25(32-27)17-19-7-3-1-4-8-19)21-13-11-20(12-14-21)18-29-22-9-5-2-6-10-22/h1-16,29H,17-18H2,(H2,28,31,32). The fourth-order valence-corrected chi connectivity index (χ4v) is 3.72. The number of benzene rings is 3. The summed E-state index contributed by atoms with van der Waals surface area (Å²) in [7, 11) is 0. The molecule has 0 radical (unpaired) electrons. The molecule has 5 nitrogen and oxygen atoms in total. The summed E-state index contributed by atoms with van der Waals surface area (Å²) < 4.78 is 0. The highest BCUT2D eigenvalue weighted by Gasteiger charge is 2.11. The van der Waals surface area contributed by atoms with Gasteiger partial charge in [0.1, 0.15) is 5.52 Å². The van der Waals surface area contributed by atoms with Crippen molar-refractivity contribution in [1.82, 2.24) is 15.0 Å². The van der Waals surface area contributed by atoms with E-state index in [9.17, 15) is 0 Å². The summed E-state index contributed by atoms with van der Waals surface area (Å²) in [4.78, 5) is 13.8. The third-order valence-corrected chi connectivity index (χ3v) is 5.37. The summed E-state index contributed by atoms with van der Waals surface area (Å²) in [6.45, 7) is 0.768. The summed E-state index contributed by atoms with van der Waals surface area (Å²) in [5.74, 6) is 0.272. The number of aromatic nitrogens is 3. The second kappa shape index (κ2) is 8.86. The van der Waals surface area contributed by atoms with Gasteiger partial charge in [-0.3, -0.25) is 0 Å². The molecule has 0 atom stereocenters. The molecule has 0 unspecified atom stereocenters. The molecular formula is C27H23N5. The van der Waals surface area contributed by atoms with Gasteiger partial charge in [0.05, 0.1) is 16.9 Å². The first kappa shape index (κ1) is 19.7. The summed E-state index contributed by atoms with van der Waals surface area (Å²) in [5, 5.41) is 3.44. The first-order chi connectivity index (χ1) is 15.7. The molecule has 0 bridgehead atoms. The molecule has 0 saturated carbocycles. The Morgan fingerprint density at radius 2 is 1.38 bits per heavy atom. The highest BCUT2D eigenvalue weighted by atomic mass is 15.0. The first-order valence-electron chi connectivity index (χ1n) is 10.6. The number of nitrogens with two attached hydrogens (primary N) is 1. The molecule has 2 aromatic heterocycles. The maximum Gasteiger partial charge on any atom is 0.220 e. The van der Waals surface area contributed by atoms with Gasteiger partial charge in [-0.05, 0) is 35.4 Å². The van der Waals surface area contributed by atoms with Crippen molar-refractivity contribution in [2.75, 3.05) is 11.1 Å². The van der Waals surface area contributed by atoms with E-state index in [2.05, 4.69) is 63.8 Å². The van der Waals surface area contributed by atoms with Gasteiger partial charge in [-0.1, -0.05) is 72.8 Å². The summed E-state index contributed by atoms with van der Waals surface area (Å²) in [5.41, 5.74) is 13.8. The molecule has 5 aromatic rings. The van der Waals surface area contributed by atoms with Crippen LogP contribution in [0.5, 0.6) is 0 Å². The fourth-order valence-electron chi connectivity index (χ4n) is 3.72. The van der Waals surface area contributed by atoms with E-state index in [-0.39, 0.29) is 5.95 Å². The number of hydrogen-bond acceptors (Lipinski definition) is 5. The van der Waals surface area contributed by atoms with E-state index in [1.54, 1.807) is 0 Å². The lowest BCUT2D eigenvalue weighted by atomic mass is 10.1. The van der Waals surface area contributed by atoms with Crippen LogP contribution in [0.25, 0.3) is 22.3 Å². The van der Waals surface area contributed by atoms with Gasteiger partial charge >= 0.3 is 0 Å². The van der Waals surface area contributed by atoms with Crippen molar-refractivity contribution < 1.29 is 0 Å². The summed E-state index contributed by atoms with van der Waals surface area (Å²) in [6, 6.07) is 32.8. The molecule has 156 valence electrons. The third kappa shape index (κ3) is 4.42. The number of hydrogen-bond donors (Lipinski definition) is 2.